The number of nitrogens with one attached hydrogen (secondary N) is 1. The van der Waals surface area contributed by atoms with Crippen LogP contribution in [0.5, 0.6) is 0 Å². The van der Waals surface area contributed by atoms with E-state index in [4.69, 9.17) is 11.6 Å². The van der Waals surface area contributed by atoms with Crippen LogP contribution in [0.25, 0.3) is 0 Å². The van der Waals surface area contributed by atoms with Crippen molar-refractivity contribution in [1.29, 1.82) is 0 Å². The number of anilines is 1. The fourth-order valence-electron chi connectivity index (χ4n) is 2.86. The normalized spacial score (nSPS) is 14.9. The molecule has 1 atom stereocenters. The zero-order valence-corrected chi connectivity index (χ0v) is 14.8. The number of aliphatic carboxylic acids is 1. The molecule has 1 aromatic carbocycles. The lowest BCUT2D eigenvalue weighted by Crippen LogP contribution is -2.42. The molecule has 1 aromatic heterocycles. The number of carboxylic acid groups (broad SMARTS) is 1. The largest absolute Gasteiger partial charge is 0.480 e. The third-order valence-electron chi connectivity index (χ3n) is 4.22. The minimum atomic E-state index is -1.12. The van der Waals surface area contributed by atoms with E-state index < -0.39 is 17.9 Å². The quantitative estimate of drug-likeness (QED) is 0.804. The second-order valence-corrected chi connectivity index (χ2v) is 6.52. The Bertz CT molecular complexity index is 794. The summed E-state index contributed by atoms with van der Waals surface area (Å²) >= 11 is 6.07. The average molecular weight is 375 g/mol. The minimum Gasteiger partial charge on any atom is -0.480 e. The van der Waals surface area contributed by atoms with Gasteiger partial charge in [-0.2, -0.15) is 0 Å². The monoisotopic (exact) mass is 374 g/mol. The fraction of sp³-hybridized carbons (Fsp3) is 0.333. The summed E-state index contributed by atoms with van der Waals surface area (Å²) in [5.74, 6) is -1.31. The molecule has 7 nitrogen and oxygen atoms in total. The maximum absolute atomic E-state index is 12.6. The van der Waals surface area contributed by atoms with Crippen LogP contribution in [0, 0.1) is 0 Å². The molecule has 1 amide bonds. The first-order valence-electron chi connectivity index (χ1n) is 8.39. The highest BCUT2D eigenvalue weighted by atomic mass is 35.5. The van der Waals surface area contributed by atoms with E-state index in [1.165, 1.54) is 6.20 Å². The molecule has 1 aliphatic heterocycles. The molecule has 0 aliphatic carbocycles. The first kappa shape index (κ1) is 18.1. The fourth-order valence-corrected chi connectivity index (χ4v) is 3.04. The summed E-state index contributed by atoms with van der Waals surface area (Å²) in [5.41, 5.74) is 0.801. The number of amides is 1. The SMILES string of the molecule is O=C(N[C@H](Cc1ccccc1)C(=O)O)c1nc(N2CCCC2)ncc1Cl. The lowest BCUT2D eigenvalue weighted by molar-refractivity contribution is -0.139. The van der Waals surface area contributed by atoms with Gasteiger partial charge in [0.1, 0.15) is 6.04 Å². The predicted molar refractivity (Wildman–Crippen MR) is 97.5 cm³/mol. The Balaban J connectivity index is 1.76. The molecular formula is C18H19ClN4O3. The van der Waals surface area contributed by atoms with Gasteiger partial charge in [0.05, 0.1) is 11.2 Å². The smallest absolute Gasteiger partial charge is 0.326 e. The van der Waals surface area contributed by atoms with Gasteiger partial charge in [0, 0.05) is 19.5 Å². The van der Waals surface area contributed by atoms with Crippen LogP contribution in [0.1, 0.15) is 28.9 Å². The maximum Gasteiger partial charge on any atom is 0.326 e. The van der Waals surface area contributed by atoms with Crippen molar-refractivity contribution >= 4 is 29.4 Å². The Kier molecular flexibility index (Phi) is 5.68. The Morgan fingerprint density at radius 2 is 1.92 bits per heavy atom. The van der Waals surface area contributed by atoms with Gasteiger partial charge in [-0.3, -0.25) is 4.79 Å². The summed E-state index contributed by atoms with van der Waals surface area (Å²) in [4.78, 5) is 34.5. The molecule has 2 heterocycles. The summed E-state index contributed by atoms with van der Waals surface area (Å²) in [7, 11) is 0. The van der Waals surface area contributed by atoms with Gasteiger partial charge in [0.25, 0.3) is 5.91 Å². The summed E-state index contributed by atoms with van der Waals surface area (Å²) in [6.07, 6.45) is 3.64. The molecule has 0 unspecified atom stereocenters. The van der Waals surface area contributed by atoms with Crippen molar-refractivity contribution in [2.75, 3.05) is 18.0 Å². The molecule has 1 saturated heterocycles. The number of carbonyl (C=O) groups is 2. The molecular weight excluding hydrogens is 356 g/mol. The molecule has 1 fully saturated rings. The molecule has 26 heavy (non-hydrogen) atoms. The highest BCUT2D eigenvalue weighted by Crippen LogP contribution is 2.20. The van der Waals surface area contributed by atoms with Gasteiger partial charge in [0.2, 0.25) is 5.95 Å². The van der Waals surface area contributed by atoms with E-state index in [0.717, 1.165) is 31.5 Å². The minimum absolute atomic E-state index is 0.0112. The number of aromatic nitrogens is 2. The third-order valence-corrected chi connectivity index (χ3v) is 4.50. The predicted octanol–water partition coefficient (Wildman–Crippen LogP) is 2.16. The molecule has 0 spiro atoms. The van der Waals surface area contributed by atoms with Crippen molar-refractivity contribution in [1.82, 2.24) is 15.3 Å². The summed E-state index contributed by atoms with van der Waals surface area (Å²) in [6.45, 7) is 1.66. The van der Waals surface area contributed by atoms with E-state index in [1.54, 1.807) is 0 Å². The van der Waals surface area contributed by atoms with Crippen LogP contribution < -0.4 is 10.2 Å². The van der Waals surface area contributed by atoms with Gasteiger partial charge in [-0.05, 0) is 18.4 Å². The average Bonchev–Trinajstić information content (AvgIpc) is 3.17. The van der Waals surface area contributed by atoms with Crippen molar-refractivity contribution in [3.63, 3.8) is 0 Å². The van der Waals surface area contributed by atoms with Crippen LogP contribution in [-0.4, -0.2) is 46.1 Å². The number of benzene rings is 1. The highest BCUT2D eigenvalue weighted by Gasteiger charge is 2.25. The number of carbonyl (C=O) groups excluding carboxylic acids is 1. The number of rotatable bonds is 6. The second kappa shape index (κ2) is 8.14. The topological polar surface area (TPSA) is 95.4 Å². The molecule has 3 rings (SSSR count). The Morgan fingerprint density at radius 3 is 2.58 bits per heavy atom. The zero-order valence-electron chi connectivity index (χ0n) is 14.1. The van der Waals surface area contributed by atoms with Crippen LogP contribution in [-0.2, 0) is 11.2 Å². The molecule has 0 radical (unpaired) electrons. The zero-order chi connectivity index (χ0) is 18.5. The van der Waals surface area contributed by atoms with Crippen LogP contribution in [0.15, 0.2) is 36.5 Å². The van der Waals surface area contributed by atoms with Gasteiger partial charge in [-0.15, -0.1) is 0 Å². The van der Waals surface area contributed by atoms with Crippen molar-refractivity contribution in [3.8, 4) is 0 Å². The number of halogens is 1. The number of hydrogen-bond acceptors (Lipinski definition) is 5. The summed E-state index contributed by atoms with van der Waals surface area (Å²) in [5, 5.41) is 12.0. The van der Waals surface area contributed by atoms with Gasteiger partial charge in [-0.1, -0.05) is 41.9 Å². The van der Waals surface area contributed by atoms with E-state index in [1.807, 2.05) is 35.2 Å². The van der Waals surface area contributed by atoms with E-state index >= 15 is 0 Å². The molecule has 136 valence electrons. The maximum atomic E-state index is 12.6. The second-order valence-electron chi connectivity index (χ2n) is 6.11. The van der Waals surface area contributed by atoms with Crippen LogP contribution in [0.4, 0.5) is 5.95 Å². The summed E-state index contributed by atoms with van der Waals surface area (Å²) in [6, 6.07) is 8.03. The van der Waals surface area contributed by atoms with Gasteiger partial charge >= 0.3 is 5.97 Å². The lowest BCUT2D eigenvalue weighted by atomic mass is 10.1. The standard InChI is InChI=1S/C18H19ClN4O3/c19-13-11-20-18(23-8-4-5-9-23)22-15(13)16(24)21-14(17(25)26)10-12-6-2-1-3-7-12/h1-3,6-7,11,14H,4-5,8-10H2,(H,21,24)(H,25,26)/t14-/m1/s1. The van der Waals surface area contributed by atoms with Crippen molar-refractivity contribution in [3.05, 3.63) is 52.8 Å². The number of nitrogens with zero attached hydrogens (tertiary/aromatic N) is 3. The first-order chi connectivity index (χ1) is 12.5. The van der Waals surface area contributed by atoms with Gasteiger partial charge in [0.15, 0.2) is 5.69 Å². The van der Waals surface area contributed by atoms with E-state index in [-0.39, 0.29) is 17.1 Å². The molecule has 8 heteroatoms. The Hall–Kier alpha value is -2.67. The van der Waals surface area contributed by atoms with Crippen LogP contribution in [0.2, 0.25) is 5.02 Å². The van der Waals surface area contributed by atoms with Crippen LogP contribution >= 0.6 is 11.6 Å². The highest BCUT2D eigenvalue weighted by molar-refractivity contribution is 6.33. The van der Waals surface area contributed by atoms with Crippen molar-refractivity contribution in [2.45, 2.75) is 25.3 Å². The Labute approximate surface area is 156 Å². The van der Waals surface area contributed by atoms with E-state index in [2.05, 4.69) is 15.3 Å². The third kappa shape index (κ3) is 4.29. The lowest BCUT2D eigenvalue weighted by Gasteiger charge is -2.17. The first-order valence-corrected chi connectivity index (χ1v) is 8.77. The van der Waals surface area contributed by atoms with Crippen molar-refractivity contribution < 1.29 is 14.7 Å². The molecule has 2 N–H and O–H groups in total. The molecule has 0 saturated carbocycles. The van der Waals surface area contributed by atoms with Crippen LogP contribution in [0.3, 0.4) is 0 Å². The van der Waals surface area contributed by atoms with Gasteiger partial charge < -0.3 is 15.3 Å². The molecule has 0 bridgehead atoms. The van der Waals surface area contributed by atoms with Crippen molar-refractivity contribution in [2.24, 2.45) is 0 Å². The molecule has 1 aliphatic rings. The van der Waals surface area contributed by atoms with E-state index in [9.17, 15) is 14.7 Å². The molecule has 2 aromatic rings. The number of carboxylic acids is 1. The number of hydrogen-bond donors (Lipinski definition) is 2. The Morgan fingerprint density at radius 1 is 1.23 bits per heavy atom. The van der Waals surface area contributed by atoms with E-state index in [0.29, 0.717) is 5.95 Å². The summed E-state index contributed by atoms with van der Waals surface area (Å²) < 4.78 is 0. The van der Waals surface area contributed by atoms with Gasteiger partial charge in [-0.25, -0.2) is 14.8 Å².